The Morgan fingerprint density at radius 3 is 2.83 bits per heavy atom. The van der Waals surface area contributed by atoms with E-state index in [2.05, 4.69) is 5.32 Å². The molecule has 0 aliphatic carbocycles. The molecule has 0 spiro atoms. The number of ether oxygens (including phenoxy) is 1. The smallest absolute Gasteiger partial charge is 0.228 e. The van der Waals surface area contributed by atoms with Gasteiger partial charge in [0.15, 0.2) is 0 Å². The van der Waals surface area contributed by atoms with E-state index in [1.54, 1.807) is 16.9 Å². The van der Waals surface area contributed by atoms with Crippen LogP contribution in [0.25, 0.3) is 0 Å². The summed E-state index contributed by atoms with van der Waals surface area (Å²) in [5, 5.41) is 2.79. The van der Waals surface area contributed by atoms with Crippen molar-refractivity contribution in [1.82, 2.24) is 15.1 Å². The summed E-state index contributed by atoms with van der Waals surface area (Å²) in [6, 6.07) is 0. The molecule has 3 N–H and O–H groups in total. The van der Waals surface area contributed by atoms with Crippen molar-refractivity contribution in [2.24, 2.45) is 17.6 Å². The fourth-order valence-corrected chi connectivity index (χ4v) is 3.34. The lowest BCUT2D eigenvalue weighted by Gasteiger charge is -2.33. The number of methoxy groups -OCH3 is 1. The van der Waals surface area contributed by atoms with Crippen LogP contribution in [-0.4, -0.2) is 80.5 Å². The fourth-order valence-electron chi connectivity index (χ4n) is 3.34. The molecule has 2 atom stereocenters. The minimum absolute atomic E-state index is 0.000326. The Morgan fingerprint density at radius 2 is 2.12 bits per heavy atom. The van der Waals surface area contributed by atoms with Crippen LogP contribution in [0, 0.1) is 11.8 Å². The lowest BCUT2D eigenvalue weighted by molar-refractivity contribution is -0.139. The number of carbonyl (C=O) groups excluding carboxylic acids is 3. The summed E-state index contributed by atoms with van der Waals surface area (Å²) in [5.74, 6) is -0.544. The van der Waals surface area contributed by atoms with Gasteiger partial charge in [0.25, 0.3) is 0 Å². The second-order valence-corrected chi connectivity index (χ2v) is 6.44. The van der Waals surface area contributed by atoms with E-state index in [9.17, 15) is 14.4 Å². The predicted molar refractivity (Wildman–Crippen MR) is 87.9 cm³/mol. The van der Waals surface area contributed by atoms with Gasteiger partial charge >= 0.3 is 0 Å². The highest BCUT2D eigenvalue weighted by Crippen LogP contribution is 2.24. The lowest BCUT2D eigenvalue weighted by atomic mass is 9.95. The molecular weight excluding hydrogens is 312 g/mol. The van der Waals surface area contributed by atoms with Crippen molar-refractivity contribution in [3.8, 4) is 0 Å². The van der Waals surface area contributed by atoms with Gasteiger partial charge in [0.05, 0.1) is 18.4 Å². The monoisotopic (exact) mass is 340 g/mol. The molecular formula is C16H28N4O4. The first-order valence-electron chi connectivity index (χ1n) is 8.60. The van der Waals surface area contributed by atoms with Crippen LogP contribution >= 0.6 is 0 Å². The quantitative estimate of drug-likeness (QED) is 0.605. The van der Waals surface area contributed by atoms with Crippen LogP contribution in [0.4, 0.5) is 0 Å². The van der Waals surface area contributed by atoms with Gasteiger partial charge in [0.1, 0.15) is 0 Å². The van der Waals surface area contributed by atoms with Crippen LogP contribution in [0.3, 0.4) is 0 Å². The van der Waals surface area contributed by atoms with Crippen LogP contribution in [0.5, 0.6) is 0 Å². The summed E-state index contributed by atoms with van der Waals surface area (Å²) in [4.78, 5) is 40.2. The standard InChI is InChI=1S/C16H28N4O4/c1-24-8-7-19-11-13(9-14(19)21)16(23)20-6-2-3-12(10-20)15(22)18-5-4-17/h12-13H,2-11,17H2,1H3,(H,18,22). The van der Waals surface area contributed by atoms with Gasteiger partial charge in [0, 0.05) is 52.8 Å². The Kier molecular flexibility index (Phi) is 6.99. The van der Waals surface area contributed by atoms with E-state index >= 15 is 0 Å². The van der Waals surface area contributed by atoms with E-state index < -0.39 is 0 Å². The van der Waals surface area contributed by atoms with Gasteiger partial charge in [-0.05, 0) is 12.8 Å². The maximum absolute atomic E-state index is 12.7. The van der Waals surface area contributed by atoms with Crippen molar-refractivity contribution in [1.29, 1.82) is 0 Å². The average molecular weight is 340 g/mol. The topological polar surface area (TPSA) is 105 Å². The summed E-state index contributed by atoms with van der Waals surface area (Å²) >= 11 is 0. The third-order valence-corrected chi connectivity index (χ3v) is 4.68. The number of hydrogen-bond acceptors (Lipinski definition) is 5. The molecule has 2 aliphatic heterocycles. The van der Waals surface area contributed by atoms with E-state index in [4.69, 9.17) is 10.5 Å². The molecule has 8 nitrogen and oxygen atoms in total. The van der Waals surface area contributed by atoms with Crippen molar-refractivity contribution in [3.05, 3.63) is 0 Å². The minimum Gasteiger partial charge on any atom is -0.383 e. The number of nitrogens with two attached hydrogens (primary N) is 1. The van der Waals surface area contributed by atoms with Gasteiger partial charge in [-0.15, -0.1) is 0 Å². The van der Waals surface area contributed by atoms with Gasteiger partial charge in [-0.3, -0.25) is 14.4 Å². The molecule has 0 aromatic rings. The van der Waals surface area contributed by atoms with Crippen molar-refractivity contribution in [3.63, 3.8) is 0 Å². The average Bonchev–Trinajstić information content (AvgIpc) is 2.98. The van der Waals surface area contributed by atoms with Crippen LogP contribution in [-0.2, 0) is 19.1 Å². The van der Waals surface area contributed by atoms with Gasteiger partial charge in [-0.1, -0.05) is 0 Å². The molecule has 3 amide bonds. The van der Waals surface area contributed by atoms with Crippen molar-refractivity contribution in [2.75, 3.05) is 53.0 Å². The molecule has 2 saturated heterocycles. The van der Waals surface area contributed by atoms with E-state index in [0.29, 0.717) is 45.9 Å². The van der Waals surface area contributed by atoms with Gasteiger partial charge in [-0.2, -0.15) is 0 Å². The number of carbonyl (C=O) groups is 3. The highest BCUT2D eigenvalue weighted by Gasteiger charge is 2.38. The Hall–Kier alpha value is -1.67. The van der Waals surface area contributed by atoms with Gasteiger partial charge in [0.2, 0.25) is 17.7 Å². The zero-order chi connectivity index (χ0) is 17.5. The lowest BCUT2D eigenvalue weighted by Crippen LogP contribution is -2.48. The highest BCUT2D eigenvalue weighted by molar-refractivity contribution is 5.89. The molecule has 0 radical (unpaired) electrons. The second kappa shape index (κ2) is 8.98. The maximum atomic E-state index is 12.7. The molecule has 24 heavy (non-hydrogen) atoms. The van der Waals surface area contributed by atoms with Crippen LogP contribution < -0.4 is 11.1 Å². The zero-order valence-corrected chi connectivity index (χ0v) is 14.3. The van der Waals surface area contributed by atoms with Crippen LogP contribution in [0.1, 0.15) is 19.3 Å². The van der Waals surface area contributed by atoms with Crippen molar-refractivity contribution in [2.45, 2.75) is 19.3 Å². The summed E-state index contributed by atoms with van der Waals surface area (Å²) < 4.78 is 4.99. The molecule has 2 heterocycles. The minimum atomic E-state index is -0.305. The number of likely N-dealkylation sites (tertiary alicyclic amines) is 2. The summed E-state index contributed by atoms with van der Waals surface area (Å²) in [5.41, 5.74) is 5.40. The summed E-state index contributed by atoms with van der Waals surface area (Å²) in [6.45, 7) is 3.38. The van der Waals surface area contributed by atoms with E-state index in [-0.39, 0.29) is 36.0 Å². The SMILES string of the molecule is COCCN1CC(C(=O)N2CCCC(C(=O)NCCN)C2)CC1=O. The molecule has 0 aromatic heterocycles. The summed E-state index contributed by atoms with van der Waals surface area (Å²) in [7, 11) is 1.59. The molecule has 2 rings (SSSR count). The van der Waals surface area contributed by atoms with Gasteiger partial charge in [-0.25, -0.2) is 0 Å². The van der Waals surface area contributed by atoms with Crippen molar-refractivity contribution < 1.29 is 19.1 Å². The molecule has 2 unspecified atom stereocenters. The number of hydrogen-bond donors (Lipinski definition) is 2. The van der Waals surface area contributed by atoms with E-state index in [1.807, 2.05) is 0 Å². The maximum Gasteiger partial charge on any atom is 0.228 e. The normalized spacial score (nSPS) is 24.3. The molecule has 8 heteroatoms. The number of piperidine rings is 1. The van der Waals surface area contributed by atoms with Crippen LogP contribution in [0.2, 0.25) is 0 Å². The van der Waals surface area contributed by atoms with E-state index in [1.165, 1.54) is 0 Å². The van der Waals surface area contributed by atoms with E-state index in [0.717, 1.165) is 12.8 Å². The number of nitrogens with one attached hydrogen (secondary N) is 1. The van der Waals surface area contributed by atoms with Gasteiger partial charge < -0.3 is 25.6 Å². The second-order valence-electron chi connectivity index (χ2n) is 6.44. The molecule has 136 valence electrons. The largest absolute Gasteiger partial charge is 0.383 e. The number of amides is 3. The molecule has 0 saturated carbocycles. The third kappa shape index (κ3) is 4.67. The number of rotatable bonds is 7. The third-order valence-electron chi connectivity index (χ3n) is 4.68. The Balaban J connectivity index is 1.88. The zero-order valence-electron chi connectivity index (χ0n) is 14.3. The fraction of sp³-hybridized carbons (Fsp3) is 0.812. The first-order valence-corrected chi connectivity index (χ1v) is 8.60. The Morgan fingerprint density at radius 1 is 1.33 bits per heavy atom. The summed E-state index contributed by atoms with van der Waals surface area (Å²) in [6.07, 6.45) is 1.84. The highest BCUT2D eigenvalue weighted by atomic mass is 16.5. The molecule has 0 bridgehead atoms. The van der Waals surface area contributed by atoms with Crippen LogP contribution in [0.15, 0.2) is 0 Å². The molecule has 0 aromatic carbocycles. The Labute approximate surface area is 142 Å². The molecule has 2 fully saturated rings. The molecule has 2 aliphatic rings. The van der Waals surface area contributed by atoms with Crippen molar-refractivity contribution >= 4 is 17.7 Å². The predicted octanol–water partition coefficient (Wildman–Crippen LogP) is -1.21. The first-order chi connectivity index (χ1) is 11.6. The first kappa shape index (κ1) is 18.7. The number of nitrogens with zero attached hydrogens (tertiary/aromatic N) is 2. The Bertz CT molecular complexity index is 471.